The SMILES string of the molecule is CCC(=O)Nc1ccc2nc(SCC(=O)Nc3ccc(OC)cc3)sc2c1. The van der Waals surface area contributed by atoms with Gasteiger partial charge in [-0.25, -0.2) is 4.98 Å². The second kappa shape index (κ2) is 8.88. The second-order valence-electron chi connectivity index (χ2n) is 5.63. The van der Waals surface area contributed by atoms with E-state index in [0.717, 1.165) is 31.7 Å². The number of carbonyl (C=O) groups excluding carboxylic acids is 2. The molecule has 0 radical (unpaired) electrons. The molecule has 0 saturated heterocycles. The molecular weight excluding hydrogens is 382 g/mol. The molecule has 0 aliphatic carbocycles. The molecule has 2 amide bonds. The fourth-order valence-electron chi connectivity index (χ4n) is 2.29. The predicted octanol–water partition coefficient (Wildman–Crippen LogP) is 4.38. The number of thioether (sulfide) groups is 1. The average Bonchev–Trinajstić information content (AvgIpc) is 3.09. The number of nitrogens with one attached hydrogen (secondary N) is 2. The Morgan fingerprint density at radius 2 is 1.78 bits per heavy atom. The van der Waals surface area contributed by atoms with Crippen molar-refractivity contribution in [2.24, 2.45) is 0 Å². The lowest BCUT2D eigenvalue weighted by atomic mass is 10.3. The zero-order chi connectivity index (χ0) is 19.2. The molecule has 1 heterocycles. The number of fused-ring (bicyclic) bond motifs is 1. The Kier molecular flexibility index (Phi) is 6.31. The minimum atomic E-state index is -0.0969. The van der Waals surface area contributed by atoms with Crippen LogP contribution < -0.4 is 15.4 Å². The Morgan fingerprint density at radius 1 is 1.07 bits per heavy atom. The highest BCUT2D eigenvalue weighted by Gasteiger charge is 2.09. The van der Waals surface area contributed by atoms with Gasteiger partial charge in [-0.1, -0.05) is 18.7 Å². The van der Waals surface area contributed by atoms with E-state index >= 15 is 0 Å². The normalized spacial score (nSPS) is 10.6. The van der Waals surface area contributed by atoms with Crippen LogP contribution >= 0.6 is 23.1 Å². The Morgan fingerprint density at radius 3 is 2.48 bits per heavy atom. The first kappa shape index (κ1) is 19.2. The van der Waals surface area contributed by atoms with E-state index in [9.17, 15) is 9.59 Å². The van der Waals surface area contributed by atoms with Gasteiger partial charge in [0.1, 0.15) is 5.75 Å². The summed E-state index contributed by atoms with van der Waals surface area (Å²) in [7, 11) is 1.60. The van der Waals surface area contributed by atoms with Crippen LogP contribution in [0.15, 0.2) is 46.8 Å². The van der Waals surface area contributed by atoms with Gasteiger partial charge in [0.05, 0.1) is 23.1 Å². The second-order valence-corrected chi connectivity index (χ2v) is 7.88. The fourth-order valence-corrected chi connectivity index (χ4v) is 4.20. The van der Waals surface area contributed by atoms with Gasteiger partial charge in [0, 0.05) is 17.8 Å². The molecule has 3 aromatic rings. The third kappa shape index (κ3) is 5.21. The van der Waals surface area contributed by atoms with Gasteiger partial charge in [-0.2, -0.15) is 0 Å². The van der Waals surface area contributed by atoms with Crippen LogP contribution in [-0.4, -0.2) is 29.7 Å². The number of hydrogen-bond donors (Lipinski definition) is 2. The highest BCUT2D eigenvalue weighted by Crippen LogP contribution is 2.31. The van der Waals surface area contributed by atoms with Gasteiger partial charge in [0.2, 0.25) is 11.8 Å². The Labute approximate surface area is 165 Å². The van der Waals surface area contributed by atoms with Crippen LogP contribution in [0.2, 0.25) is 0 Å². The van der Waals surface area contributed by atoms with E-state index in [2.05, 4.69) is 15.6 Å². The van der Waals surface area contributed by atoms with Crippen molar-refractivity contribution in [2.45, 2.75) is 17.7 Å². The number of hydrogen-bond acceptors (Lipinski definition) is 6. The summed E-state index contributed by atoms with van der Waals surface area (Å²) in [5, 5.41) is 5.69. The Balaban J connectivity index is 1.58. The fraction of sp³-hybridized carbons (Fsp3) is 0.211. The van der Waals surface area contributed by atoms with Gasteiger partial charge in [0.15, 0.2) is 4.34 Å². The first-order chi connectivity index (χ1) is 13.1. The molecule has 0 atom stereocenters. The van der Waals surface area contributed by atoms with Gasteiger partial charge in [0.25, 0.3) is 0 Å². The predicted molar refractivity (Wildman–Crippen MR) is 111 cm³/mol. The van der Waals surface area contributed by atoms with Crippen LogP contribution in [0.5, 0.6) is 5.75 Å². The molecule has 0 saturated carbocycles. The molecule has 3 rings (SSSR count). The minimum absolute atomic E-state index is 0.0244. The van der Waals surface area contributed by atoms with Crippen molar-refractivity contribution in [1.82, 2.24) is 4.98 Å². The largest absolute Gasteiger partial charge is 0.497 e. The number of nitrogens with zero attached hydrogens (tertiary/aromatic N) is 1. The zero-order valence-corrected chi connectivity index (χ0v) is 16.6. The minimum Gasteiger partial charge on any atom is -0.497 e. The van der Waals surface area contributed by atoms with E-state index in [-0.39, 0.29) is 17.6 Å². The van der Waals surface area contributed by atoms with E-state index < -0.39 is 0 Å². The highest BCUT2D eigenvalue weighted by molar-refractivity contribution is 8.01. The van der Waals surface area contributed by atoms with Crippen molar-refractivity contribution in [3.63, 3.8) is 0 Å². The van der Waals surface area contributed by atoms with Crippen molar-refractivity contribution >= 4 is 56.5 Å². The Bertz CT molecular complexity index is 954. The van der Waals surface area contributed by atoms with E-state index in [4.69, 9.17) is 4.74 Å². The molecule has 0 spiro atoms. The first-order valence-electron chi connectivity index (χ1n) is 8.34. The number of carbonyl (C=O) groups is 2. The molecule has 0 aliphatic rings. The van der Waals surface area contributed by atoms with E-state index in [1.54, 1.807) is 31.4 Å². The summed E-state index contributed by atoms with van der Waals surface area (Å²) in [4.78, 5) is 28.2. The van der Waals surface area contributed by atoms with Crippen LogP contribution in [0.1, 0.15) is 13.3 Å². The molecule has 6 nitrogen and oxygen atoms in total. The van der Waals surface area contributed by atoms with Gasteiger partial charge >= 0.3 is 0 Å². The number of thiazole rings is 1. The van der Waals surface area contributed by atoms with Crippen molar-refractivity contribution in [1.29, 1.82) is 0 Å². The number of amides is 2. The smallest absolute Gasteiger partial charge is 0.234 e. The molecule has 8 heteroatoms. The number of methoxy groups -OCH3 is 1. The summed E-state index contributed by atoms with van der Waals surface area (Å²) in [6.45, 7) is 1.81. The van der Waals surface area contributed by atoms with E-state index in [0.29, 0.717) is 6.42 Å². The number of anilines is 2. The lowest BCUT2D eigenvalue weighted by Gasteiger charge is -2.05. The summed E-state index contributed by atoms with van der Waals surface area (Å²) < 4.78 is 6.89. The summed E-state index contributed by atoms with van der Waals surface area (Å²) in [6, 6.07) is 12.8. The number of ether oxygens (including phenoxy) is 1. The van der Waals surface area contributed by atoms with Gasteiger partial charge in [-0.15, -0.1) is 11.3 Å². The molecule has 140 valence electrons. The molecule has 0 fully saturated rings. The molecule has 2 N–H and O–H groups in total. The molecule has 0 bridgehead atoms. The molecule has 1 aromatic heterocycles. The third-order valence-corrected chi connectivity index (χ3v) is 5.84. The van der Waals surface area contributed by atoms with Crippen molar-refractivity contribution in [2.75, 3.05) is 23.5 Å². The van der Waals surface area contributed by atoms with Crippen LogP contribution in [0.3, 0.4) is 0 Å². The van der Waals surface area contributed by atoms with Crippen LogP contribution in [0, 0.1) is 0 Å². The first-order valence-corrected chi connectivity index (χ1v) is 10.1. The molecule has 2 aromatic carbocycles. The number of aromatic nitrogens is 1. The zero-order valence-electron chi connectivity index (χ0n) is 14.9. The van der Waals surface area contributed by atoms with Crippen LogP contribution in [-0.2, 0) is 9.59 Å². The molecule has 0 unspecified atom stereocenters. The maximum Gasteiger partial charge on any atom is 0.234 e. The monoisotopic (exact) mass is 401 g/mol. The van der Waals surface area contributed by atoms with E-state index in [1.165, 1.54) is 23.1 Å². The number of rotatable bonds is 7. The molecule has 27 heavy (non-hydrogen) atoms. The maximum atomic E-state index is 12.1. The summed E-state index contributed by atoms with van der Waals surface area (Å²) in [6.07, 6.45) is 0.436. The van der Waals surface area contributed by atoms with Gasteiger partial charge in [-0.05, 0) is 42.5 Å². The summed E-state index contributed by atoms with van der Waals surface area (Å²) in [5.41, 5.74) is 2.33. The Hall–Kier alpha value is -2.58. The van der Waals surface area contributed by atoms with Crippen LogP contribution in [0.4, 0.5) is 11.4 Å². The maximum absolute atomic E-state index is 12.1. The van der Waals surface area contributed by atoms with Crippen molar-refractivity contribution in [3.8, 4) is 5.75 Å². The van der Waals surface area contributed by atoms with Gasteiger partial charge in [-0.3, -0.25) is 9.59 Å². The lowest BCUT2D eigenvalue weighted by Crippen LogP contribution is -2.13. The van der Waals surface area contributed by atoms with Gasteiger partial charge < -0.3 is 15.4 Å². The summed E-state index contributed by atoms with van der Waals surface area (Å²) >= 11 is 2.89. The third-order valence-electron chi connectivity index (χ3n) is 3.67. The van der Waals surface area contributed by atoms with E-state index in [1.807, 2.05) is 25.1 Å². The molecular formula is C19H19N3O3S2. The quantitative estimate of drug-likeness (QED) is 0.574. The lowest BCUT2D eigenvalue weighted by molar-refractivity contribution is -0.116. The van der Waals surface area contributed by atoms with Crippen LogP contribution in [0.25, 0.3) is 10.2 Å². The van der Waals surface area contributed by atoms with Crippen molar-refractivity contribution in [3.05, 3.63) is 42.5 Å². The van der Waals surface area contributed by atoms with Crippen molar-refractivity contribution < 1.29 is 14.3 Å². The molecule has 0 aliphatic heterocycles. The number of benzene rings is 2. The highest BCUT2D eigenvalue weighted by atomic mass is 32.2. The summed E-state index contributed by atoms with van der Waals surface area (Å²) in [5.74, 6) is 0.890. The average molecular weight is 402 g/mol. The topological polar surface area (TPSA) is 80.3 Å². The standard InChI is InChI=1S/C19H19N3O3S2/c1-3-17(23)21-13-6-9-15-16(10-13)27-19(22-15)26-11-18(24)20-12-4-7-14(25-2)8-5-12/h4-10H,3,11H2,1-2H3,(H,20,24)(H,21,23).